The number of hydrogen-bond donors (Lipinski definition) is 1. The first-order chi connectivity index (χ1) is 8.75. The number of pyridine rings is 1. The van der Waals surface area contributed by atoms with Crippen molar-refractivity contribution in [3.05, 3.63) is 28.6 Å². The zero-order valence-electron chi connectivity index (χ0n) is 10.5. The van der Waals surface area contributed by atoms with Crippen LogP contribution in [0.1, 0.15) is 32.0 Å². The van der Waals surface area contributed by atoms with Gasteiger partial charge in [0.05, 0.1) is 0 Å². The van der Waals surface area contributed by atoms with Crippen molar-refractivity contribution in [3.63, 3.8) is 0 Å². The molecule has 0 radical (unpaired) electrons. The molecule has 2 aromatic rings. The lowest BCUT2D eigenvalue weighted by Crippen LogP contribution is -2.31. The maximum Gasteiger partial charge on any atom is 0.160 e. The number of nitrogens with one attached hydrogen (secondary N) is 1. The summed E-state index contributed by atoms with van der Waals surface area (Å²) in [7, 11) is 0. The van der Waals surface area contributed by atoms with E-state index < -0.39 is 0 Å². The molecule has 1 unspecified atom stereocenters. The molecule has 1 saturated heterocycles. The van der Waals surface area contributed by atoms with Gasteiger partial charge in [-0.25, -0.2) is 0 Å². The molecule has 0 saturated carbocycles. The van der Waals surface area contributed by atoms with E-state index >= 15 is 0 Å². The SMILES string of the molecule is CCCC1(c2nnc3ccc(Br)cn23)CCNC1. The van der Waals surface area contributed by atoms with Gasteiger partial charge in [-0.3, -0.25) is 4.40 Å². The Morgan fingerprint density at radius 1 is 1.44 bits per heavy atom. The summed E-state index contributed by atoms with van der Waals surface area (Å²) in [5, 5.41) is 12.2. The summed E-state index contributed by atoms with van der Waals surface area (Å²) in [6.45, 7) is 4.32. The standard InChI is InChI=1S/C13H17BrN4/c1-2-5-13(6-7-15-9-13)12-17-16-11-4-3-10(14)8-18(11)12/h3-4,8,15H,2,5-7,9H2,1H3. The Morgan fingerprint density at radius 2 is 2.33 bits per heavy atom. The Kier molecular flexibility index (Phi) is 3.11. The molecule has 18 heavy (non-hydrogen) atoms. The lowest BCUT2D eigenvalue weighted by Gasteiger charge is -2.25. The van der Waals surface area contributed by atoms with Crippen LogP contribution < -0.4 is 5.32 Å². The Morgan fingerprint density at radius 3 is 3.06 bits per heavy atom. The van der Waals surface area contributed by atoms with Gasteiger partial charge >= 0.3 is 0 Å². The number of halogens is 1. The summed E-state index contributed by atoms with van der Waals surface area (Å²) in [5.74, 6) is 1.10. The van der Waals surface area contributed by atoms with Crippen molar-refractivity contribution in [3.8, 4) is 0 Å². The van der Waals surface area contributed by atoms with Gasteiger partial charge in [-0.15, -0.1) is 10.2 Å². The number of rotatable bonds is 3. The quantitative estimate of drug-likeness (QED) is 0.947. The number of aromatic nitrogens is 3. The fourth-order valence-corrected chi connectivity index (χ4v) is 3.30. The molecule has 3 rings (SSSR count). The van der Waals surface area contributed by atoms with Gasteiger partial charge < -0.3 is 5.32 Å². The highest BCUT2D eigenvalue weighted by atomic mass is 79.9. The van der Waals surface area contributed by atoms with Crippen LogP contribution in [-0.4, -0.2) is 27.7 Å². The highest BCUT2D eigenvalue weighted by Gasteiger charge is 2.38. The molecular weight excluding hydrogens is 292 g/mol. The monoisotopic (exact) mass is 308 g/mol. The molecule has 1 fully saturated rings. The van der Waals surface area contributed by atoms with Gasteiger partial charge in [0, 0.05) is 22.6 Å². The first-order valence-electron chi connectivity index (χ1n) is 6.47. The van der Waals surface area contributed by atoms with E-state index in [0.29, 0.717) is 0 Å². The zero-order valence-corrected chi connectivity index (χ0v) is 12.1. The lowest BCUT2D eigenvalue weighted by molar-refractivity contribution is 0.398. The summed E-state index contributed by atoms with van der Waals surface area (Å²) in [6.07, 6.45) is 5.55. The molecule has 96 valence electrons. The average Bonchev–Trinajstić information content (AvgIpc) is 2.96. The van der Waals surface area contributed by atoms with E-state index in [1.807, 2.05) is 12.1 Å². The van der Waals surface area contributed by atoms with Crippen molar-refractivity contribution >= 4 is 21.6 Å². The fraction of sp³-hybridized carbons (Fsp3) is 0.538. The third-order valence-electron chi connectivity index (χ3n) is 3.81. The molecule has 0 amide bonds. The van der Waals surface area contributed by atoms with Crippen molar-refractivity contribution in [1.82, 2.24) is 19.9 Å². The van der Waals surface area contributed by atoms with Crippen LogP contribution in [0.4, 0.5) is 0 Å². The summed E-state index contributed by atoms with van der Waals surface area (Å²) >= 11 is 3.52. The Balaban J connectivity index is 2.14. The highest BCUT2D eigenvalue weighted by Crippen LogP contribution is 2.34. The molecule has 1 aliphatic heterocycles. The molecule has 0 aliphatic carbocycles. The molecule has 3 heterocycles. The molecule has 1 atom stereocenters. The van der Waals surface area contributed by atoms with Crippen molar-refractivity contribution in [2.24, 2.45) is 0 Å². The first-order valence-corrected chi connectivity index (χ1v) is 7.26. The van der Waals surface area contributed by atoms with E-state index in [2.05, 4.69) is 49.0 Å². The third-order valence-corrected chi connectivity index (χ3v) is 4.28. The largest absolute Gasteiger partial charge is 0.316 e. The molecule has 0 aromatic carbocycles. The second-order valence-corrected chi connectivity index (χ2v) is 5.97. The minimum Gasteiger partial charge on any atom is -0.316 e. The molecule has 1 N–H and O–H groups in total. The normalized spacial score (nSPS) is 23.9. The highest BCUT2D eigenvalue weighted by molar-refractivity contribution is 9.10. The molecule has 4 nitrogen and oxygen atoms in total. The summed E-state index contributed by atoms with van der Waals surface area (Å²) in [4.78, 5) is 0. The first kappa shape index (κ1) is 12.1. The topological polar surface area (TPSA) is 42.2 Å². The van der Waals surface area contributed by atoms with Gasteiger partial charge in [0.1, 0.15) is 5.82 Å². The van der Waals surface area contributed by atoms with Gasteiger partial charge in [-0.1, -0.05) is 13.3 Å². The minimum absolute atomic E-state index is 0.148. The predicted octanol–water partition coefficient (Wildman–Crippen LogP) is 2.52. The Hall–Kier alpha value is -0.940. The van der Waals surface area contributed by atoms with Gasteiger partial charge in [0.2, 0.25) is 0 Å². The van der Waals surface area contributed by atoms with Crippen LogP contribution in [-0.2, 0) is 5.41 Å². The van der Waals surface area contributed by atoms with Crippen LogP contribution >= 0.6 is 15.9 Å². The molecule has 2 aromatic heterocycles. The maximum absolute atomic E-state index is 4.46. The van der Waals surface area contributed by atoms with Gasteiger partial charge in [-0.05, 0) is 47.4 Å². The Bertz CT molecular complexity index is 557. The summed E-state index contributed by atoms with van der Waals surface area (Å²) < 4.78 is 3.20. The van der Waals surface area contributed by atoms with E-state index in [0.717, 1.165) is 41.9 Å². The van der Waals surface area contributed by atoms with Crippen LogP contribution in [0.25, 0.3) is 5.65 Å². The van der Waals surface area contributed by atoms with Crippen LogP contribution in [0, 0.1) is 0 Å². The molecule has 5 heteroatoms. The second kappa shape index (κ2) is 4.63. The number of hydrogen-bond acceptors (Lipinski definition) is 3. The molecule has 0 bridgehead atoms. The summed E-state index contributed by atoms with van der Waals surface area (Å²) in [5.41, 5.74) is 1.07. The predicted molar refractivity (Wildman–Crippen MR) is 74.8 cm³/mol. The number of fused-ring (bicyclic) bond motifs is 1. The Labute approximate surface area is 115 Å². The smallest absolute Gasteiger partial charge is 0.160 e. The summed E-state index contributed by atoms with van der Waals surface area (Å²) in [6, 6.07) is 4.01. The lowest BCUT2D eigenvalue weighted by atomic mass is 9.81. The molecule has 0 spiro atoms. The third kappa shape index (κ3) is 1.86. The molecule has 1 aliphatic rings. The van der Waals surface area contributed by atoms with Crippen molar-refractivity contribution in [2.75, 3.05) is 13.1 Å². The van der Waals surface area contributed by atoms with Crippen LogP contribution in [0.2, 0.25) is 0 Å². The van der Waals surface area contributed by atoms with E-state index in [1.165, 1.54) is 6.42 Å². The average molecular weight is 309 g/mol. The maximum atomic E-state index is 4.46. The molecular formula is C13H17BrN4. The van der Waals surface area contributed by atoms with E-state index in [4.69, 9.17) is 0 Å². The van der Waals surface area contributed by atoms with Crippen molar-refractivity contribution in [2.45, 2.75) is 31.6 Å². The fourth-order valence-electron chi connectivity index (χ4n) is 2.96. The van der Waals surface area contributed by atoms with Gasteiger partial charge in [-0.2, -0.15) is 0 Å². The van der Waals surface area contributed by atoms with Crippen molar-refractivity contribution in [1.29, 1.82) is 0 Å². The van der Waals surface area contributed by atoms with Crippen LogP contribution in [0.5, 0.6) is 0 Å². The van der Waals surface area contributed by atoms with E-state index in [9.17, 15) is 0 Å². The van der Waals surface area contributed by atoms with Gasteiger partial charge in [0.15, 0.2) is 5.65 Å². The van der Waals surface area contributed by atoms with E-state index in [-0.39, 0.29) is 5.41 Å². The van der Waals surface area contributed by atoms with Crippen molar-refractivity contribution < 1.29 is 0 Å². The van der Waals surface area contributed by atoms with Crippen LogP contribution in [0.3, 0.4) is 0 Å². The zero-order chi connectivity index (χ0) is 12.6. The van der Waals surface area contributed by atoms with Crippen LogP contribution in [0.15, 0.2) is 22.8 Å². The number of nitrogens with zero attached hydrogens (tertiary/aromatic N) is 3. The van der Waals surface area contributed by atoms with Gasteiger partial charge in [0.25, 0.3) is 0 Å². The van der Waals surface area contributed by atoms with E-state index in [1.54, 1.807) is 0 Å². The second-order valence-electron chi connectivity index (χ2n) is 5.06. The minimum atomic E-state index is 0.148.